The molecule has 1 unspecified atom stereocenters. The Morgan fingerprint density at radius 1 is 1.64 bits per heavy atom. The molecule has 0 aliphatic carbocycles. The average molecular weight is 276 g/mol. The fraction of sp³-hybridized carbons (Fsp3) is 0.600. The van der Waals surface area contributed by atoms with Gasteiger partial charge in [-0.05, 0) is 41.0 Å². The molecule has 2 rings (SSSR count). The highest BCUT2D eigenvalue weighted by molar-refractivity contribution is 9.11. The highest BCUT2D eigenvalue weighted by atomic mass is 79.9. The molecular weight excluding hydrogens is 262 g/mol. The van der Waals surface area contributed by atoms with Crippen molar-refractivity contribution in [2.45, 2.75) is 12.5 Å². The van der Waals surface area contributed by atoms with E-state index < -0.39 is 0 Å². The number of likely N-dealkylation sites (N-methyl/N-ethyl adjacent to an activating group) is 1. The standard InChI is InChI=1S/C10H14BrNOS/c1-12-4-3-7-5-9(11)14-10(7)8(6-12)13-2/h5,8H,3-4,6H2,1-2H3. The van der Waals surface area contributed by atoms with Crippen LogP contribution in [0.25, 0.3) is 0 Å². The summed E-state index contributed by atoms with van der Waals surface area (Å²) in [5, 5.41) is 0. The molecule has 1 aromatic rings. The monoisotopic (exact) mass is 275 g/mol. The lowest BCUT2D eigenvalue weighted by atomic mass is 10.1. The van der Waals surface area contributed by atoms with Gasteiger partial charge in [-0.25, -0.2) is 0 Å². The highest BCUT2D eigenvalue weighted by Crippen LogP contribution is 2.35. The Kier molecular flexibility index (Phi) is 3.27. The van der Waals surface area contributed by atoms with Crippen LogP contribution >= 0.6 is 27.3 Å². The third-order valence-electron chi connectivity index (χ3n) is 2.63. The first kappa shape index (κ1) is 10.6. The molecule has 0 fully saturated rings. The van der Waals surface area contributed by atoms with E-state index in [1.165, 1.54) is 14.2 Å². The second-order valence-electron chi connectivity index (χ2n) is 3.68. The van der Waals surface area contributed by atoms with Gasteiger partial charge in [-0.3, -0.25) is 0 Å². The summed E-state index contributed by atoms with van der Waals surface area (Å²) in [5.74, 6) is 0. The molecule has 2 heterocycles. The van der Waals surface area contributed by atoms with E-state index in [1.807, 2.05) is 0 Å². The maximum Gasteiger partial charge on any atom is 0.104 e. The number of ether oxygens (including phenoxy) is 1. The van der Waals surface area contributed by atoms with E-state index in [2.05, 4.69) is 33.9 Å². The quantitative estimate of drug-likeness (QED) is 0.782. The lowest BCUT2D eigenvalue weighted by molar-refractivity contribution is 0.0787. The van der Waals surface area contributed by atoms with Crippen molar-refractivity contribution in [2.24, 2.45) is 0 Å². The number of halogens is 1. The summed E-state index contributed by atoms with van der Waals surface area (Å²) in [5.41, 5.74) is 1.44. The van der Waals surface area contributed by atoms with E-state index >= 15 is 0 Å². The molecule has 2 nitrogen and oxygen atoms in total. The van der Waals surface area contributed by atoms with E-state index in [9.17, 15) is 0 Å². The number of rotatable bonds is 1. The first-order valence-electron chi connectivity index (χ1n) is 4.70. The third-order valence-corrected chi connectivity index (χ3v) is 4.40. The summed E-state index contributed by atoms with van der Waals surface area (Å²) >= 11 is 5.34. The van der Waals surface area contributed by atoms with Gasteiger partial charge in [0.15, 0.2) is 0 Å². The fourth-order valence-electron chi connectivity index (χ4n) is 1.83. The molecule has 0 saturated carbocycles. The smallest absolute Gasteiger partial charge is 0.104 e. The Morgan fingerprint density at radius 2 is 2.43 bits per heavy atom. The van der Waals surface area contributed by atoms with Crippen LogP contribution in [-0.4, -0.2) is 32.1 Å². The molecular formula is C10H14BrNOS. The Hall–Kier alpha value is 0.1000. The maximum atomic E-state index is 5.53. The number of thiophene rings is 1. The van der Waals surface area contributed by atoms with Crippen molar-refractivity contribution in [1.82, 2.24) is 4.90 Å². The molecule has 0 amide bonds. The molecule has 78 valence electrons. The molecule has 0 spiro atoms. The van der Waals surface area contributed by atoms with Crippen LogP contribution in [0.5, 0.6) is 0 Å². The van der Waals surface area contributed by atoms with Crippen LogP contribution in [0.1, 0.15) is 16.5 Å². The Balaban J connectivity index is 2.33. The summed E-state index contributed by atoms with van der Waals surface area (Å²) in [6, 6.07) is 2.23. The van der Waals surface area contributed by atoms with Gasteiger partial charge in [0.1, 0.15) is 6.10 Å². The normalized spacial score (nSPS) is 23.2. The number of nitrogens with zero attached hydrogens (tertiary/aromatic N) is 1. The van der Waals surface area contributed by atoms with Crippen LogP contribution in [0.2, 0.25) is 0 Å². The van der Waals surface area contributed by atoms with E-state index in [4.69, 9.17) is 4.74 Å². The van der Waals surface area contributed by atoms with Crippen molar-refractivity contribution >= 4 is 27.3 Å². The zero-order chi connectivity index (χ0) is 10.1. The van der Waals surface area contributed by atoms with Crippen molar-refractivity contribution in [3.8, 4) is 0 Å². The number of fused-ring (bicyclic) bond motifs is 1. The van der Waals surface area contributed by atoms with Crippen LogP contribution in [-0.2, 0) is 11.2 Å². The van der Waals surface area contributed by atoms with Gasteiger partial charge in [-0.1, -0.05) is 0 Å². The maximum absolute atomic E-state index is 5.53. The molecule has 0 N–H and O–H groups in total. The molecule has 14 heavy (non-hydrogen) atoms. The van der Waals surface area contributed by atoms with Crippen LogP contribution in [0.3, 0.4) is 0 Å². The second-order valence-corrected chi connectivity index (χ2v) is 6.14. The SMILES string of the molecule is COC1CN(C)CCc2cc(Br)sc21. The predicted octanol–water partition coefficient (Wildman–Crippen LogP) is 2.69. The lowest BCUT2D eigenvalue weighted by Crippen LogP contribution is -2.24. The van der Waals surface area contributed by atoms with Gasteiger partial charge >= 0.3 is 0 Å². The van der Waals surface area contributed by atoms with Crippen LogP contribution in [0.4, 0.5) is 0 Å². The lowest BCUT2D eigenvalue weighted by Gasteiger charge is -2.18. The summed E-state index contributed by atoms with van der Waals surface area (Å²) in [6.07, 6.45) is 1.38. The molecule has 0 aromatic carbocycles. The average Bonchev–Trinajstić information content (AvgIpc) is 2.46. The number of hydrogen-bond donors (Lipinski definition) is 0. The Morgan fingerprint density at radius 3 is 3.14 bits per heavy atom. The van der Waals surface area contributed by atoms with Gasteiger partial charge in [0, 0.05) is 25.1 Å². The minimum Gasteiger partial charge on any atom is -0.375 e. The van der Waals surface area contributed by atoms with Crippen molar-refractivity contribution in [3.63, 3.8) is 0 Å². The highest BCUT2D eigenvalue weighted by Gasteiger charge is 2.23. The Bertz CT molecular complexity index is 326. The van der Waals surface area contributed by atoms with Gasteiger partial charge in [0.25, 0.3) is 0 Å². The number of hydrogen-bond acceptors (Lipinski definition) is 3. The van der Waals surface area contributed by atoms with Crippen molar-refractivity contribution in [2.75, 3.05) is 27.2 Å². The second kappa shape index (κ2) is 4.31. The third kappa shape index (κ3) is 2.03. The summed E-state index contributed by atoms with van der Waals surface area (Å²) in [6.45, 7) is 2.12. The first-order valence-corrected chi connectivity index (χ1v) is 6.31. The van der Waals surface area contributed by atoms with E-state index in [0.717, 1.165) is 19.5 Å². The summed E-state index contributed by atoms with van der Waals surface area (Å²) in [4.78, 5) is 3.72. The van der Waals surface area contributed by atoms with Crippen LogP contribution < -0.4 is 0 Å². The van der Waals surface area contributed by atoms with E-state index in [0.29, 0.717) is 0 Å². The molecule has 1 atom stereocenters. The van der Waals surface area contributed by atoms with Gasteiger partial charge in [0.05, 0.1) is 3.79 Å². The Labute approximate surface area is 97.0 Å². The summed E-state index contributed by atoms with van der Waals surface area (Å²) < 4.78 is 6.75. The van der Waals surface area contributed by atoms with Gasteiger partial charge in [-0.2, -0.15) is 0 Å². The number of methoxy groups -OCH3 is 1. The topological polar surface area (TPSA) is 12.5 Å². The van der Waals surface area contributed by atoms with Crippen molar-refractivity contribution in [3.05, 3.63) is 20.3 Å². The molecule has 4 heteroatoms. The van der Waals surface area contributed by atoms with Gasteiger partial charge in [0.2, 0.25) is 0 Å². The van der Waals surface area contributed by atoms with Gasteiger partial charge in [-0.15, -0.1) is 11.3 Å². The molecule has 1 aliphatic rings. The van der Waals surface area contributed by atoms with Crippen LogP contribution in [0.15, 0.2) is 9.85 Å². The zero-order valence-corrected chi connectivity index (χ0v) is 10.8. The van der Waals surface area contributed by atoms with E-state index in [1.54, 1.807) is 18.4 Å². The molecule has 1 aromatic heterocycles. The minimum atomic E-state index is 0.244. The van der Waals surface area contributed by atoms with Gasteiger partial charge < -0.3 is 9.64 Å². The molecule has 1 aliphatic heterocycles. The summed E-state index contributed by atoms with van der Waals surface area (Å²) in [7, 11) is 3.94. The molecule has 0 bridgehead atoms. The zero-order valence-electron chi connectivity index (χ0n) is 8.42. The predicted molar refractivity (Wildman–Crippen MR) is 63.0 cm³/mol. The molecule has 0 radical (unpaired) electrons. The van der Waals surface area contributed by atoms with Crippen LogP contribution in [0, 0.1) is 0 Å². The fourth-order valence-corrected chi connectivity index (χ4v) is 3.63. The molecule has 0 saturated heterocycles. The van der Waals surface area contributed by atoms with Crippen molar-refractivity contribution < 1.29 is 4.74 Å². The minimum absolute atomic E-state index is 0.244. The van der Waals surface area contributed by atoms with Crippen molar-refractivity contribution in [1.29, 1.82) is 0 Å². The van der Waals surface area contributed by atoms with E-state index in [-0.39, 0.29) is 6.10 Å². The largest absolute Gasteiger partial charge is 0.375 e. The first-order chi connectivity index (χ1) is 6.70.